The molecule has 1 aliphatic rings. The molecule has 0 aliphatic heterocycles. The Kier molecular flexibility index (Phi) is 3.83. The molecule has 0 spiro atoms. The molecule has 0 saturated heterocycles. The average Bonchev–Trinajstić information content (AvgIpc) is 2.17. The molecule has 0 unspecified atom stereocenters. The van der Waals surface area contributed by atoms with Gasteiger partial charge in [-0.25, -0.2) is 8.78 Å². The number of alkyl halides is 2. The van der Waals surface area contributed by atoms with Gasteiger partial charge >= 0.3 is 0 Å². The summed E-state index contributed by atoms with van der Waals surface area (Å²) in [5.41, 5.74) is 4.98. The molecule has 1 saturated carbocycles. The number of nitrogens with one attached hydrogen (secondary N) is 1. The number of rotatable bonds is 3. The van der Waals surface area contributed by atoms with E-state index in [-0.39, 0.29) is 31.6 Å². The van der Waals surface area contributed by atoms with Crippen LogP contribution in [0.4, 0.5) is 8.78 Å². The maximum Gasteiger partial charge on any atom is 0.248 e. The largest absolute Gasteiger partial charge is 0.368 e. The highest BCUT2D eigenvalue weighted by Crippen LogP contribution is 2.36. The van der Waals surface area contributed by atoms with Crippen molar-refractivity contribution in [3.8, 4) is 0 Å². The maximum absolute atomic E-state index is 12.8. The molecular formula is C10H16F2N2O2. The van der Waals surface area contributed by atoms with Crippen molar-refractivity contribution < 1.29 is 18.4 Å². The summed E-state index contributed by atoms with van der Waals surface area (Å²) in [4.78, 5) is 22.3. The van der Waals surface area contributed by atoms with Crippen molar-refractivity contribution in [2.45, 2.75) is 44.6 Å². The van der Waals surface area contributed by atoms with E-state index in [1.54, 1.807) is 0 Å². The Labute approximate surface area is 92.6 Å². The van der Waals surface area contributed by atoms with Gasteiger partial charge in [0, 0.05) is 18.8 Å². The third-order valence-electron chi connectivity index (χ3n) is 2.87. The monoisotopic (exact) mass is 234 g/mol. The molecule has 2 amide bonds. The maximum atomic E-state index is 12.8. The summed E-state index contributed by atoms with van der Waals surface area (Å²) in [6.07, 6.45) is -0.222. The van der Waals surface area contributed by atoms with Crippen molar-refractivity contribution >= 4 is 11.8 Å². The first-order chi connectivity index (χ1) is 7.32. The lowest BCUT2D eigenvalue weighted by Crippen LogP contribution is -2.45. The van der Waals surface area contributed by atoms with Crippen LogP contribution < -0.4 is 11.1 Å². The topological polar surface area (TPSA) is 72.2 Å². The Balaban J connectivity index is 2.42. The molecule has 16 heavy (non-hydrogen) atoms. The van der Waals surface area contributed by atoms with Crippen LogP contribution in [-0.2, 0) is 9.59 Å². The van der Waals surface area contributed by atoms with Gasteiger partial charge in [0.25, 0.3) is 0 Å². The summed E-state index contributed by atoms with van der Waals surface area (Å²) < 4.78 is 25.7. The van der Waals surface area contributed by atoms with Gasteiger partial charge in [-0.2, -0.15) is 0 Å². The molecular weight excluding hydrogens is 218 g/mol. The SMILES string of the molecule is C[C@H](NC(=O)C1CCC(F)(F)CC1)C(N)=O. The summed E-state index contributed by atoms with van der Waals surface area (Å²) in [5.74, 6) is -4.07. The van der Waals surface area contributed by atoms with Crippen molar-refractivity contribution in [1.29, 1.82) is 0 Å². The fourth-order valence-electron chi connectivity index (χ4n) is 1.70. The Morgan fingerprint density at radius 3 is 2.31 bits per heavy atom. The van der Waals surface area contributed by atoms with Crippen LogP contribution in [0.5, 0.6) is 0 Å². The molecule has 4 nitrogen and oxygen atoms in total. The molecule has 0 aromatic heterocycles. The molecule has 0 heterocycles. The van der Waals surface area contributed by atoms with Crippen LogP contribution in [0.1, 0.15) is 32.6 Å². The second kappa shape index (κ2) is 4.76. The van der Waals surface area contributed by atoms with Crippen LogP contribution in [-0.4, -0.2) is 23.8 Å². The van der Waals surface area contributed by atoms with Gasteiger partial charge in [-0.15, -0.1) is 0 Å². The van der Waals surface area contributed by atoms with E-state index in [9.17, 15) is 18.4 Å². The standard InChI is InChI=1S/C10H16F2N2O2/c1-6(8(13)15)14-9(16)7-2-4-10(11,12)5-3-7/h6-7H,2-5H2,1H3,(H2,13,15)(H,14,16)/t6-/m0/s1. The van der Waals surface area contributed by atoms with Crippen molar-refractivity contribution in [3.05, 3.63) is 0 Å². The fraction of sp³-hybridized carbons (Fsp3) is 0.800. The van der Waals surface area contributed by atoms with E-state index in [1.165, 1.54) is 6.92 Å². The number of halogens is 2. The Bertz CT molecular complexity index is 285. The highest BCUT2D eigenvalue weighted by molar-refractivity contribution is 5.87. The number of amides is 2. The summed E-state index contributed by atoms with van der Waals surface area (Å²) in [6, 6.07) is -0.755. The van der Waals surface area contributed by atoms with Crippen molar-refractivity contribution in [2.75, 3.05) is 0 Å². The lowest BCUT2D eigenvalue weighted by molar-refractivity contribution is -0.132. The Morgan fingerprint density at radius 2 is 1.88 bits per heavy atom. The molecule has 0 aromatic rings. The average molecular weight is 234 g/mol. The molecule has 92 valence electrons. The second-order valence-electron chi connectivity index (χ2n) is 4.26. The first-order valence-electron chi connectivity index (χ1n) is 5.29. The number of carbonyl (C=O) groups excluding carboxylic acids is 2. The summed E-state index contributed by atoms with van der Waals surface area (Å²) in [7, 11) is 0. The van der Waals surface area contributed by atoms with Gasteiger partial charge in [-0.05, 0) is 19.8 Å². The number of primary amides is 1. The van der Waals surface area contributed by atoms with Crippen LogP contribution in [0, 0.1) is 5.92 Å². The van der Waals surface area contributed by atoms with Crippen LogP contribution in [0.3, 0.4) is 0 Å². The van der Waals surface area contributed by atoms with Crippen molar-refractivity contribution in [2.24, 2.45) is 11.7 Å². The van der Waals surface area contributed by atoms with Crippen LogP contribution >= 0.6 is 0 Å². The van der Waals surface area contributed by atoms with Crippen LogP contribution in [0.15, 0.2) is 0 Å². The van der Waals surface area contributed by atoms with E-state index in [2.05, 4.69) is 5.32 Å². The van der Waals surface area contributed by atoms with Gasteiger partial charge in [0.1, 0.15) is 6.04 Å². The van der Waals surface area contributed by atoms with E-state index in [4.69, 9.17) is 5.73 Å². The number of hydrogen-bond donors (Lipinski definition) is 2. The first kappa shape index (κ1) is 12.9. The highest BCUT2D eigenvalue weighted by Gasteiger charge is 2.37. The molecule has 0 bridgehead atoms. The zero-order chi connectivity index (χ0) is 12.3. The third kappa shape index (κ3) is 3.43. The molecule has 6 heteroatoms. The van der Waals surface area contributed by atoms with E-state index < -0.39 is 23.8 Å². The normalized spacial score (nSPS) is 22.4. The molecule has 3 N–H and O–H groups in total. The van der Waals surface area contributed by atoms with Gasteiger partial charge in [-0.1, -0.05) is 0 Å². The lowest BCUT2D eigenvalue weighted by atomic mass is 9.86. The van der Waals surface area contributed by atoms with E-state index in [0.717, 1.165) is 0 Å². The first-order valence-corrected chi connectivity index (χ1v) is 5.29. The van der Waals surface area contributed by atoms with Gasteiger partial charge in [0.05, 0.1) is 0 Å². The van der Waals surface area contributed by atoms with E-state index >= 15 is 0 Å². The van der Waals surface area contributed by atoms with Crippen LogP contribution in [0.2, 0.25) is 0 Å². The number of nitrogens with two attached hydrogens (primary N) is 1. The smallest absolute Gasteiger partial charge is 0.248 e. The zero-order valence-corrected chi connectivity index (χ0v) is 9.13. The molecule has 1 rings (SSSR count). The highest BCUT2D eigenvalue weighted by atomic mass is 19.3. The number of carbonyl (C=O) groups is 2. The summed E-state index contributed by atoms with van der Waals surface area (Å²) in [5, 5.41) is 2.42. The minimum atomic E-state index is -2.65. The quantitative estimate of drug-likeness (QED) is 0.758. The molecule has 0 aromatic carbocycles. The third-order valence-corrected chi connectivity index (χ3v) is 2.87. The van der Waals surface area contributed by atoms with Gasteiger partial charge in [0.15, 0.2) is 0 Å². The minimum absolute atomic E-state index is 0.157. The second-order valence-corrected chi connectivity index (χ2v) is 4.26. The van der Waals surface area contributed by atoms with E-state index in [1.807, 2.05) is 0 Å². The minimum Gasteiger partial charge on any atom is -0.368 e. The van der Waals surface area contributed by atoms with Crippen LogP contribution in [0.25, 0.3) is 0 Å². The molecule has 1 aliphatic carbocycles. The van der Waals surface area contributed by atoms with Gasteiger partial charge < -0.3 is 11.1 Å². The van der Waals surface area contributed by atoms with Gasteiger partial charge in [-0.3, -0.25) is 9.59 Å². The predicted octanol–water partition coefficient (Wildman–Crippen LogP) is 0.802. The predicted molar refractivity (Wildman–Crippen MR) is 53.7 cm³/mol. The van der Waals surface area contributed by atoms with Crippen molar-refractivity contribution in [3.63, 3.8) is 0 Å². The summed E-state index contributed by atoms with van der Waals surface area (Å²) in [6.45, 7) is 1.47. The Morgan fingerprint density at radius 1 is 1.38 bits per heavy atom. The van der Waals surface area contributed by atoms with E-state index in [0.29, 0.717) is 0 Å². The van der Waals surface area contributed by atoms with Crippen molar-refractivity contribution in [1.82, 2.24) is 5.32 Å². The fourth-order valence-corrected chi connectivity index (χ4v) is 1.70. The molecule has 1 fully saturated rings. The Hall–Kier alpha value is -1.20. The number of hydrogen-bond acceptors (Lipinski definition) is 2. The zero-order valence-electron chi connectivity index (χ0n) is 9.13. The summed E-state index contributed by atoms with van der Waals surface area (Å²) >= 11 is 0. The lowest BCUT2D eigenvalue weighted by Gasteiger charge is -2.27. The molecule has 1 atom stereocenters. The molecule has 0 radical (unpaired) electrons. The van der Waals surface area contributed by atoms with Gasteiger partial charge in [0.2, 0.25) is 17.7 Å².